The van der Waals surface area contributed by atoms with Gasteiger partial charge in [0.05, 0.1) is 10.6 Å². The zero-order valence-electron chi connectivity index (χ0n) is 15.7. The molecule has 0 radical (unpaired) electrons. The molecule has 1 heterocycles. The number of benzene rings is 2. The van der Waals surface area contributed by atoms with Crippen LogP contribution in [-0.4, -0.2) is 41.6 Å². The van der Waals surface area contributed by atoms with Crippen LogP contribution in [0.3, 0.4) is 0 Å². The van der Waals surface area contributed by atoms with Gasteiger partial charge in [0.2, 0.25) is 5.91 Å². The molecule has 0 bridgehead atoms. The van der Waals surface area contributed by atoms with E-state index < -0.39 is 6.04 Å². The number of carbonyl (C=O) groups excluding carboxylic acids is 3. The van der Waals surface area contributed by atoms with Crippen molar-refractivity contribution in [2.75, 3.05) is 13.1 Å². The molecule has 1 N–H and O–H groups in total. The maximum absolute atomic E-state index is 12.7. The highest BCUT2D eigenvalue weighted by molar-refractivity contribution is 6.33. The average Bonchev–Trinajstić information content (AvgIpc) is 2.73. The number of likely N-dealkylation sites (tertiary alicyclic amines) is 1. The molecule has 2 aromatic carbocycles. The van der Waals surface area contributed by atoms with Gasteiger partial charge in [-0.15, -0.1) is 0 Å². The monoisotopic (exact) mass is 398 g/mol. The Morgan fingerprint density at radius 1 is 1.00 bits per heavy atom. The summed E-state index contributed by atoms with van der Waals surface area (Å²) in [4.78, 5) is 39.3. The van der Waals surface area contributed by atoms with Crippen LogP contribution >= 0.6 is 11.6 Å². The van der Waals surface area contributed by atoms with E-state index in [0.29, 0.717) is 42.1 Å². The molecule has 28 heavy (non-hydrogen) atoms. The first-order chi connectivity index (χ1) is 13.5. The van der Waals surface area contributed by atoms with Crippen LogP contribution in [0.5, 0.6) is 0 Å². The number of ketones is 1. The second-order valence-electron chi connectivity index (χ2n) is 7.00. The van der Waals surface area contributed by atoms with Crippen LogP contribution in [0, 0.1) is 5.92 Å². The molecule has 3 rings (SSSR count). The minimum absolute atomic E-state index is 0.0699. The fourth-order valence-electron chi connectivity index (χ4n) is 3.46. The highest BCUT2D eigenvalue weighted by Crippen LogP contribution is 2.22. The first-order valence-electron chi connectivity index (χ1n) is 9.41. The van der Waals surface area contributed by atoms with Gasteiger partial charge in [0.15, 0.2) is 5.78 Å². The summed E-state index contributed by atoms with van der Waals surface area (Å²) in [6.07, 6.45) is 1.26. The van der Waals surface area contributed by atoms with Gasteiger partial charge in [0.1, 0.15) is 6.04 Å². The number of hydrogen-bond donors (Lipinski definition) is 1. The smallest absolute Gasteiger partial charge is 0.253 e. The highest BCUT2D eigenvalue weighted by atomic mass is 35.5. The van der Waals surface area contributed by atoms with Crippen molar-refractivity contribution in [1.29, 1.82) is 0 Å². The molecule has 1 unspecified atom stereocenters. The molecule has 1 aliphatic rings. The molecule has 2 aromatic rings. The Morgan fingerprint density at radius 3 is 2.25 bits per heavy atom. The zero-order chi connectivity index (χ0) is 20.1. The summed E-state index contributed by atoms with van der Waals surface area (Å²) in [5.74, 6) is -0.459. The number of Topliss-reactive ketones (excluding diaryl/α,β-unsaturated/α-hetero) is 1. The van der Waals surface area contributed by atoms with Crippen molar-refractivity contribution in [3.05, 3.63) is 70.7 Å². The quantitative estimate of drug-likeness (QED) is 0.783. The molecule has 5 nitrogen and oxygen atoms in total. The van der Waals surface area contributed by atoms with Gasteiger partial charge >= 0.3 is 0 Å². The Balaban J connectivity index is 1.54. The molecule has 0 saturated carbocycles. The van der Waals surface area contributed by atoms with Crippen LogP contribution in [0.15, 0.2) is 54.6 Å². The minimum atomic E-state index is -0.662. The van der Waals surface area contributed by atoms with E-state index in [1.165, 1.54) is 0 Å². The topological polar surface area (TPSA) is 66.5 Å². The average molecular weight is 399 g/mol. The van der Waals surface area contributed by atoms with Gasteiger partial charge < -0.3 is 10.2 Å². The van der Waals surface area contributed by atoms with Crippen molar-refractivity contribution < 1.29 is 14.4 Å². The number of halogens is 1. The summed E-state index contributed by atoms with van der Waals surface area (Å²) < 4.78 is 0. The third-order valence-electron chi connectivity index (χ3n) is 5.07. The number of hydrogen-bond acceptors (Lipinski definition) is 3. The van der Waals surface area contributed by atoms with Gasteiger partial charge in [-0.1, -0.05) is 54.1 Å². The summed E-state index contributed by atoms with van der Waals surface area (Å²) in [5.41, 5.74) is 1.06. The Hall–Kier alpha value is -2.66. The Labute approximate surface area is 169 Å². The summed E-state index contributed by atoms with van der Waals surface area (Å²) in [6, 6.07) is 15.3. The van der Waals surface area contributed by atoms with E-state index in [1.54, 1.807) is 36.1 Å². The van der Waals surface area contributed by atoms with Gasteiger partial charge in [-0.2, -0.15) is 0 Å². The first-order valence-corrected chi connectivity index (χ1v) is 9.78. The first kappa shape index (κ1) is 20.1. The van der Waals surface area contributed by atoms with Crippen molar-refractivity contribution in [2.24, 2.45) is 5.92 Å². The lowest BCUT2D eigenvalue weighted by molar-refractivity contribution is -0.134. The van der Waals surface area contributed by atoms with Gasteiger partial charge in [0.25, 0.3) is 5.91 Å². The number of rotatable bonds is 5. The van der Waals surface area contributed by atoms with Crippen LogP contribution in [0.1, 0.15) is 40.5 Å². The van der Waals surface area contributed by atoms with E-state index >= 15 is 0 Å². The molecule has 2 amide bonds. The number of piperidine rings is 1. The largest absolute Gasteiger partial charge is 0.341 e. The van der Waals surface area contributed by atoms with Crippen LogP contribution < -0.4 is 5.32 Å². The highest BCUT2D eigenvalue weighted by Gasteiger charge is 2.30. The van der Waals surface area contributed by atoms with Gasteiger partial charge in [0, 0.05) is 24.6 Å². The molecule has 1 atom stereocenters. The predicted octanol–water partition coefficient (Wildman–Crippen LogP) is 3.58. The SMILES string of the molecule is CC(NC(=O)c1ccccc1Cl)C(=O)N1CCC(C(=O)c2ccccc2)CC1. The van der Waals surface area contributed by atoms with E-state index in [4.69, 9.17) is 11.6 Å². The van der Waals surface area contributed by atoms with Gasteiger partial charge in [-0.3, -0.25) is 14.4 Å². The lowest BCUT2D eigenvalue weighted by atomic mass is 9.88. The molecular weight excluding hydrogens is 376 g/mol. The summed E-state index contributed by atoms with van der Waals surface area (Å²) >= 11 is 6.04. The number of carbonyl (C=O) groups is 3. The lowest BCUT2D eigenvalue weighted by Crippen LogP contribution is -2.49. The van der Waals surface area contributed by atoms with E-state index in [2.05, 4.69) is 5.32 Å². The number of nitrogens with zero attached hydrogens (tertiary/aromatic N) is 1. The fraction of sp³-hybridized carbons (Fsp3) is 0.318. The lowest BCUT2D eigenvalue weighted by Gasteiger charge is -2.33. The summed E-state index contributed by atoms with van der Waals surface area (Å²) in [5, 5.41) is 3.06. The fourth-order valence-corrected chi connectivity index (χ4v) is 3.68. The maximum Gasteiger partial charge on any atom is 0.253 e. The molecule has 0 aromatic heterocycles. The second-order valence-corrected chi connectivity index (χ2v) is 7.41. The van der Waals surface area contributed by atoms with Crippen molar-refractivity contribution in [1.82, 2.24) is 10.2 Å². The molecule has 1 fully saturated rings. The molecule has 1 saturated heterocycles. The number of nitrogens with one attached hydrogen (secondary N) is 1. The Kier molecular flexibility index (Phi) is 6.47. The van der Waals surface area contributed by atoms with Gasteiger partial charge in [-0.05, 0) is 31.9 Å². The predicted molar refractivity (Wildman–Crippen MR) is 108 cm³/mol. The zero-order valence-corrected chi connectivity index (χ0v) is 16.5. The van der Waals surface area contributed by atoms with Crippen molar-refractivity contribution in [3.8, 4) is 0 Å². The number of amides is 2. The van der Waals surface area contributed by atoms with E-state index in [-0.39, 0.29) is 23.5 Å². The van der Waals surface area contributed by atoms with Crippen LogP contribution in [0.4, 0.5) is 0 Å². The van der Waals surface area contributed by atoms with Crippen LogP contribution in [-0.2, 0) is 4.79 Å². The summed E-state index contributed by atoms with van der Waals surface area (Å²) in [6.45, 7) is 2.68. The van der Waals surface area contributed by atoms with Crippen molar-refractivity contribution in [2.45, 2.75) is 25.8 Å². The molecule has 0 aliphatic carbocycles. The minimum Gasteiger partial charge on any atom is -0.341 e. The maximum atomic E-state index is 12.7. The van der Waals surface area contributed by atoms with Gasteiger partial charge in [-0.25, -0.2) is 0 Å². The van der Waals surface area contributed by atoms with E-state index in [1.807, 2.05) is 30.3 Å². The van der Waals surface area contributed by atoms with Crippen molar-refractivity contribution in [3.63, 3.8) is 0 Å². The normalized spacial score (nSPS) is 15.7. The van der Waals surface area contributed by atoms with E-state index in [0.717, 1.165) is 0 Å². The van der Waals surface area contributed by atoms with Crippen LogP contribution in [0.2, 0.25) is 5.02 Å². The Morgan fingerprint density at radius 2 is 1.61 bits per heavy atom. The van der Waals surface area contributed by atoms with Crippen LogP contribution in [0.25, 0.3) is 0 Å². The molecule has 146 valence electrons. The standard InChI is InChI=1S/C22H23ClN2O3/c1-15(24-21(27)18-9-5-6-10-19(18)23)22(28)25-13-11-17(12-14-25)20(26)16-7-3-2-4-8-16/h2-10,15,17H,11-14H2,1H3,(H,24,27). The van der Waals surface area contributed by atoms with E-state index in [9.17, 15) is 14.4 Å². The molecular formula is C22H23ClN2O3. The van der Waals surface area contributed by atoms with Crippen molar-refractivity contribution >= 4 is 29.2 Å². The third kappa shape index (κ3) is 4.60. The summed E-state index contributed by atoms with van der Waals surface area (Å²) in [7, 11) is 0. The molecule has 0 spiro atoms. The second kappa shape index (κ2) is 9.02. The molecule has 1 aliphatic heterocycles. The third-order valence-corrected chi connectivity index (χ3v) is 5.40. The molecule has 6 heteroatoms. The Bertz CT molecular complexity index is 861.